The summed E-state index contributed by atoms with van der Waals surface area (Å²) in [6.07, 6.45) is 2.54. The molecule has 0 radical (unpaired) electrons. The van der Waals surface area contributed by atoms with Crippen LogP contribution in [0.25, 0.3) is 0 Å². The molecule has 1 atom stereocenters. The van der Waals surface area contributed by atoms with Gasteiger partial charge in [-0.2, -0.15) is 0 Å². The van der Waals surface area contributed by atoms with E-state index in [0.29, 0.717) is 13.0 Å². The van der Waals surface area contributed by atoms with Gasteiger partial charge < -0.3 is 5.32 Å². The van der Waals surface area contributed by atoms with Crippen LogP contribution in [0.1, 0.15) is 29.2 Å². The number of benzene rings is 2. The first-order chi connectivity index (χ1) is 10.6. The molecule has 4 nitrogen and oxygen atoms in total. The smallest absolute Gasteiger partial charge is 0.269 e. The van der Waals surface area contributed by atoms with Crippen LogP contribution in [0.5, 0.6) is 0 Å². The molecule has 2 aromatic carbocycles. The van der Waals surface area contributed by atoms with Gasteiger partial charge in [0.15, 0.2) is 0 Å². The van der Waals surface area contributed by atoms with E-state index in [4.69, 9.17) is 0 Å². The molecule has 0 aromatic heterocycles. The predicted molar refractivity (Wildman–Crippen MR) is 88.7 cm³/mol. The van der Waals surface area contributed by atoms with E-state index in [1.54, 1.807) is 12.1 Å². The molecule has 0 heterocycles. The average molecular weight is 296 g/mol. The van der Waals surface area contributed by atoms with E-state index in [-0.39, 0.29) is 16.7 Å². The van der Waals surface area contributed by atoms with Crippen molar-refractivity contribution in [2.24, 2.45) is 0 Å². The Morgan fingerprint density at radius 3 is 2.64 bits per heavy atom. The second-order valence-corrected chi connectivity index (χ2v) is 5.30. The lowest BCUT2D eigenvalue weighted by atomic mass is 10.0. The number of nitro benzene ring substituents is 1. The normalized spacial score (nSPS) is 11.9. The van der Waals surface area contributed by atoms with Crippen molar-refractivity contribution in [3.63, 3.8) is 0 Å². The fraction of sp³-hybridized carbons (Fsp3) is 0.222. The van der Waals surface area contributed by atoms with Gasteiger partial charge in [-0.15, -0.1) is 6.58 Å². The van der Waals surface area contributed by atoms with Crippen LogP contribution in [0.2, 0.25) is 0 Å². The summed E-state index contributed by atoms with van der Waals surface area (Å²) in [5, 5.41) is 14.4. The van der Waals surface area contributed by atoms with Crippen LogP contribution in [0.15, 0.2) is 61.2 Å². The monoisotopic (exact) mass is 296 g/mol. The fourth-order valence-corrected chi connectivity index (χ4v) is 2.31. The molecular formula is C18H20N2O2. The van der Waals surface area contributed by atoms with Gasteiger partial charge in [0.05, 0.1) is 4.92 Å². The van der Waals surface area contributed by atoms with Crippen molar-refractivity contribution in [2.75, 3.05) is 0 Å². The van der Waals surface area contributed by atoms with Crippen molar-refractivity contribution >= 4 is 5.69 Å². The topological polar surface area (TPSA) is 55.2 Å². The van der Waals surface area contributed by atoms with Crippen molar-refractivity contribution < 1.29 is 4.92 Å². The maximum Gasteiger partial charge on any atom is 0.269 e. The number of hydrogen-bond donors (Lipinski definition) is 1. The summed E-state index contributed by atoms with van der Waals surface area (Å²) in [7, 11) is 0. The number of hydrogen-bond acceptors (Lipinski definition) is 3. The zero-order valence-electron chi connectivity index (χ0n) is 12.7. The molecule has 0 fully saturated rings. The molecule has 0 bridgehead atoms. The molecular weight excluding hydrogens is 276 g/mol. The zero-order chi connectivity index (χ0) is 15.9. The second-order valence-electron chi connectivity index (χ2n) is 5.30. The first-order valence-corrected chi connectivity index (χ1v) is 7.24. The number of non-ortho nitro benzene ring substituents is 1. The van der Waals surface area contributed by atoms with Gasteiger partial charge in [-0.25, -0.2) is 0 Å². The Labute approximate surface area is 130 Å². The van der Waals surface area contributed by atoms with Gasteiger partial charge >= 0.3 is 0 Å². The van der Waals surface area contributed by atoms with Crippen LogP contribution < -0.4 is 5.32 Å². The molecule has 0 aliphatic carbocycles. The van der Waals surface area contributed by atoms with E-state index >= 15 is 0 Å². The lowest BCUT2D eigenvalue weighted by Gasteiger charge is -2.18. The minimum atomic E-state index is -0.367. The van der Waals surface area contributed by atoms with E-state index in [2.05, 4.69) is 43.1 Å². The van der Waals surface area contributed by atoms with Crippen LogP contribution >= 0.6 is 0 Å². The third-order valence-corrected chi connectivity index (χ3v) is 3.56. The molecule has 0 saturated heterocycles. The fourth-order valence-electron chi connectivity index (χ4n) is 2.31. The van der Waals surface area contributed by atoms with Crippen LogP contribution in [0, 0.1) is 17.0 Å². The molecule has 4 heteroatoms. The van der Waals surface area contributed by atoms with Crippen molar-refractivity contribution in [3.05, 3.63) is 88.0 Å². The lowest BCUT2D eigenvalue weighted by molar-refractivity contribution is -0.384. The van der Waals surface area contributed by atoms with E-state index in [1.807, 2.05) is 12.1 Å². The average Bonchev–Trinajstić information content (AvgIpc) is 2.53. The van der Waals surface area contributed by atoms with E-state index in [1.165, 1.54) is 17.2 Å². The summed E-state index contributed by atoms with van der Waals surface area (Å²) in [4.78, 5) is 10.5. The molecule has 0 spiro atoms. The number of nitrogens with zero attached hydrogens (tertiary/aromatic N) is 1. The third-order valence-electron chi connectivity index (χ3n) is 3.56. The Balaban J connectivity index is 2.12. The van der Waals surface area contributed by atoms with Gasteiger partial charge in [0.1, 0.15) is 0 Å². The number of nitrogens with one attached hydrogen (secondary N) is 1. The van der Waals surface area contributed by atoms with Gasteiger partial charge in [0.2, 0.25) is 0 Å². The van der Waals surface area contributed by atoms with Crippen molar-refractivity contribution in [1.29, 1.82) is 0 Å². The largest absolute Gasteiger partial charge is 0.306 e. The minimum absolute atomic E-state index is 0.0127. The first-order valence-electron chi connectivity index (χ1n) is 7.24. The zero-order valence-corrected chi connectivity index (χ0v) is 12.7. The summed E-state index contributed by atoms with van der Waals surface area (Å²) in [6.45, 7) is 6.54. The highest BCUT2D eigenvalue weighted by Gasteiger charge is 2.13. The number of rotatable bonds is 7. The van der Waals surface area contributed by atoms with Gasteiger partial charge in [-0.05, 0) is 24.5 Å². The lowest BCUT2D eigenvalue weighted by Crippen LogP contribution is -2.20. The summed E-state index contributed by atoms with van der Waals surface area (Å²) in [5.74, 6) is 0. The second kappa shape index (κ2) is 7.52. The molecule has 0 aliphatic heterocycles. The summed E-state index contributed by atoms with van der Waals surface area (Å²) < 4.78 is 0. The quantitative estimate of drug-likeness (QED) is 0.470. The third kappa shape index (κ3) is 4.27. The summed E-state index contributed by atoms with van der Waals surface area (Å²) in [6, 6.07) is 15.1. The van der Waals surface area contributed by atoms with Crippen LogP contribution in [0.3, 0.4) is 0 Å². The van der Waals surface area contributed by atoms with Crippen molar-refractivity contribution in [2.45, 2.75) is 25.9 Å². The minimum Gasteiger partial charge on any atom is -0.306 e. The highest BCUT2D eigenvalue weighted by atomic mass is 16.6. The van der Waals surface area contributed by atoms with Crippen LogP contribution in [-0.4, -0.2) is 4.92 Å². The number of aryl methyl sites for hydroxylation is 1. The molecule has 1 unspecified atom stereocenters. The molecule has 22 heavy (non-hydrogen) atoms. The summed E-state index contributed by atoms with van der Waals surface area (Å²) >= 11 is 0. The molecule has 0 aliphatic rings. The maximum atomic E-state index is 10.9. The predicted octanol–water partition coefficient (Wildman–Crippen LogP) is 4.31. The van der Waals surface area contributed by atoms with Crippen molar-refractivity contribution in [1.82, 2.24) is 5.32 Å². The Kier molecular flexibility index (Phi) is 5.44. The Bertz CT molecular complexity index is 650. The molecule has 0 saturated carbocycles. The van der Waals surface area contributed by atoms with E-state index in [0.717, 1.165) is 5.56 Å². The van der Waals surface area contributed by atoms with Crippen molar-refractivity contribution in [3.8, 4) is 0 Å². The standard InChI is InChI=1S/C18H20N2O2/c1-3-5-18(16-6-4-7-17(12-16)20(21)22)19-13-15-10-8-14(2)9-11-15/h3-4,6-12,18-19H,1,5,13H2,2H3. The molecule has 1 N–H and O–H groups in total. The SMILES string of the molecule is C=CCC(NCc1ccc(C)cc1)c1cccc([N+](=O)[O-])c1. The van der Waals surface area contributed by atoms with E-state index in [9.17, 15) is 10.1 Å². The molecule has 114 valence electrons. The van der Waals surface area contributed by atoms with Crippen LogP contribution in [0.4, 0.5) is 5.69 Å². The molecule has 2 aromatic rings. The molecule has 2 rings (SSSR count). The highest BCUT2D eigenvalue weighted by molar-refractivity contribution is 5.36. The number of nitro groups is 1. The summed E-state index contributed by atoms with van der Waals surface area (Å²) in [5.41, 5.74) is 3.43. The Hall–Kier alpha value is -2.46. The highest BCUT2D eigenvalue weighted by Crippen LogP contribution is 2.22. The maximum absolute atomic E-state index is 10.9. The van der Waals surface area contributed by atoms with Gasteiger partial charge in [0.25, 0.3) is 5.69 Å². The van der Waals surface area contributed by atoms with Gasteiger partial charge in [0, 0.05) is 24.7 Å². The van der Waals surface area contributed by atoms with Gasteiger partial charge in [-0.1, -0.05) is 48.0 Å². The Morgan fingerprint density at radius 2 is 2.00 bits per heavy atom. The van der Waals surface area contributed by atoms with Crippen LogP contribution in [-0.2, 0) is 6.54 Å². The molecule has 0 amide bonds. The van der Waals surface area contributed by atoms with Gasteiger partial charge in [-0.3, -0.25) is 10.1 Å². The first kappa shape index (κ1) is 15.9. The Morgan fingerprint density at radius 1 is 1.27 bits per heavy atom. The van der Waals surface area contributed by atoms with E-state index < -0.39 is 0 Å².